The van der Waals surface area contributed by atoms with Crippen molar-refractivity contribution >= 4 is 43.6 Å². The van der Waals surface area contributed by atoms with Gasteiger partial charge < -0.3 is 9.13 Å². The van der Waals surface area contributed by atoms with E-state index in [4.69, 9.17) is 15.0 Å². The molecule has 0 radical (unpaired) electrons. The fourth-order valence-corrected chi connectivity index (χ4v) is 12.3. The molecule has 5 nitrogen and oxygen atoms in total. The molecule has 350 valence electrons. The second-order valence-electron chi connectivity index (χ2n) is 19.5. The Hall–Kier alpha value is -9.97. The van der Waals surface area contributed by atoms with E-state index in [2.05, 4.69) is 246 Å². The Morgan fingerprint density at radius 3 is 1.08 bits per heavy atom. The van der Waals surface area contributed by atoms with E-state index in [1.165, 1.54) is 54.9 Å². The van der Waals surface area contributed by atoms with Gasteiger partial charge in [-0.05, 0) is 81.4 Å². The first kappa shape index (κ1) is 42.7. The van der Waals surface area contributed by atoms with Crippen LogP contribution in [0.2, 0.25) is 0 Å². The highest BCUT2D eigenvalue weighted by molar-refractivity contribution is 6.12. The molecule has 0 aliphatic heterocycles. The third-order valence-corrected chi connectivity index (χ3v) is 15.4. The second kappa shape index (κ2) is 17.1. The number of hydrogen-bond donors (Lipinski definition) is 0. The highest BCUT2D eigenvalue weighted by atomic mass is 15.1. The molecule has 0 unspecified atom stereocenters. The van der Waals surface area contributed by atoms with Crippen LogP contribution in [0.25, 0.3) is 111 Å². The Bertz CT molecular complexity index is 4180. The monoisotopic (exact) mass is 955 g/mol. The molecule has 3 heterocycles. The Morgan fingerprint density at radius 1 is 0.267 bits per heavy atom. The highest BCUT2D eigenvalue weighted by Crippen LogP contribution is 2.57. The smallest absolute Gasteiger partial charge is 0.164 e. The van der Waals surface area contributed by atoms with Crippen LogP contribution in [-0.2, 0) is 5.41 Å². The zero-order valence-corrected chi connectivity index (χ0v) is 40.7. The first-order valence-electron chi connectivity index (χ1n) is 25.6. The quantitative estimate of drug-likeness (QED) is 0.152. The topological polar surface area (TPSA) is 48.5 Å². The molecule has 0 N–H and O–H groups in total. The van der Waals surface area contributed by atoms with Gasteiger partial charge >= 0.3 is 0 Å². The third kappa shape index (κ3) is 6.54. The van der Waals surface area contributed by atoms with Crippen molar-refractivity contribution in [2.45, 2.75) is 5.41 Å². The van der Waals surface area contributed by atoms with Crippen molar-refractivity contribution in [2.24, 2.45) is 0 Å². The molecule has 15 rings (SSSR count). The van der Waals surface area contributed by atoms with Crippen molar-refractivity contribution in [1.82, 2.24) is 24.1 Å². The molecule has 0 atom stereocenters. The lowest BCUT2D eigenvalue weighted by Crippen LogP contribution is -2.28. The minimum Gasteiger partial charge on any atom is -0.309 e. The molecule has 0 spiro atoms. The maximum Gasteiger partial charge on any atom is 0.164 e. The summed E-state index contributed by atoms with van der Waals surface area (Å²) in [5.41, 5.74) is 18.1. The van der Waals surface area contributed by atoms with E-state index in [1.807, 2.05) is 36.4 Å². The second-order valence-corrected chi connectivity index (χ2v) is 19.5. The molecule has 0 bridgehead atoms. The number of rotatable bonds is 8. The van der Waals surface area contributed by atoms with E-state index in [0.29, 0.717) is 17.5 Å². The van der Waals surface area contributed by atoms with Gasteiger partial charge in [-0.25, -0.2) is 15.0 Å². The number of aromatic nitrogens is 5. The molecule has 75 heavy (non-hydrogen) atoms. The van der Waals surface area contributed by atoms with Crippen LogP contribution >= 0.6 is 0 Å². The summed E-state index contributed by atoms with van der Waals surface area (Å²) < 4.78 is 4.95. The lowest BCUT2D eigenvalue weighted by molar-refractivity contribution is 0.769. The van der Waals surface area contributed by atoms with Gasteiger partial charge in [-0.1, -0.05) is 231 Å². The molecule has 1 aliphatic carbocycles. The SMILES string of the molecule is c1ccc(-c2nc(-c3ccccc3)nc(-c3cc(-n4c5ccccc5c5ccccc54)c(-c4ccc5c(c4)C(c4ccccc4)(c4ccccc4)c4ccccc4-5)c(-n4c5ccccc5c5ccccc54)c3)n2)cc1. The maximum absolute atomic E-state index is 5.41. The Balaban J connectivity index is 1.13. The highest BCUT2D eigenvalue weighted by Gasteiger charge is 2.46. The fourth-order valence-electron chi connectivity index (χ4n) is 12.3. The van der Waals surface area contributed by atoms with E-state index in [9.17, 15) is 0 Å². The van der Waals surface area contributed by atoms with Crippen LogP contribution in [0.3, 0.4) is 0 Å². The summed E-state index contributed by atoms with van der Waals surface area (Å²) in [6.45, 7) is 0. The predicted molar refractivity (Wildman–Crippen MR) is 308 cm³/mol. The molecule has 3 aromatic heterocycles. The van der Waals surface area contributed by atoms with Crippen molar-refractivity contribution < 1.29 is 0 Å². The minimum atomic E-state index is -0.614. The van der Waals surface area contributed by atoms with Gasteiger partial charge in [0.15, 0.2) is 17.5 Å². The molecule has 5 heteroatoms. The van der Waals surface area contributed by atoms with Crippen LogP contribution in [0.4, 0.5) is 0 Å². The van der Waals surface area contributed by atoms with Gasteiger partial charge in [0.1, 0.15) is 0 Å². The van der Waals surface area contributed by atoms with Gasteiger partial charge in [0.05, 0.1) is 38.9 Å². The van der Waals surface area contributed by atoms with Crippen LogP contribution in [0, 0.1) is 0 Å². The van der Waals surface area contributed by atoms with Gasteiger partial charge in [0.2, 0.25) is 0 Å². The average molecular weight is 956 g/mol. The van der Waals surface area contributed by atoms with E-state index in [0.717, 1.165) is 61.3 Å². The Labute approximate surface area is 434 Å². The molecule has 1 aliphatic rings. The summed E-state index contributed by atoms with van der Waals surface area (Å²) in [4.78, 5) is 16.0. The first-order chi connectivity index (χ1) is 37.2. The van der Waals surface area contributed by atoms with Crippen molar-refractivity contribution in [2.75, 3.05) is 0 Å². The number of fused-ring (bicyclic) bond motifs is 9. The average Bonchev–Trinajstić information content (AvgIpc) is 4.12. The lowest BCUT2D eigenvalue weighted by Gasteiger charge is -2.34. The van der Waals surface area contributed by atoms with Gasteiger partial charge in [0.25, 0.3) is 0 Å². The van der Waals surface area contributed by atoms with Crippen LogP contribution in [-0.4, -0.2) is 24.1 Å². The minimum absolute atomic E-state index is 0.579. The summed E-state index contributed by atoms with van der Waals surface area (Å²) in [7, 11) is 0. The standard InChI is InChI=1S/C70H45N5/c1-5-23-46(24-6-1)67-71-68(47-25-7-2-8-26-47)73-69(72-67)49-44-64(74-60-37-19-14-32-54(60)55-33-15-20-38-61(55)74)66(65(45-49)75-62-39-21-16-34-56(62)57-35-17-22-40-63(57)75)48-41-42-53-52-31-13-18-36-58(52)70(59(53)43-48,50-27-9-3-10-28-50)51-29-11-4-12-30-51/h1-45H. The molecule has 14 aromatic rings. The van der Waals surface area contributed by atoms with Crippen molar-refractivity contribution in [3.8, 4) is 67.8 Å². The van der Waals surface area contributed by atoms with Gasteiger partial charge in [-0.15, -0.1) is 0 Å². The van der Waals surface area contributed by atoms with E-state index in [-0.39, 0.29) is 0 Å². The zero-order chi connectivity index (χ0) is 49.5. The van der Waals surface area contributed by atoms with Crippen LogP contribution < -0.4 is 0 Å². The van der Waals surface area contributed by atoms with Crippen molar-refractivity contribution in [3.05, 3.63) is 295 Å². The molecular weight excluding hydrogens is 911 g/mol. The Kier molecular flexibility index (Phi) is 9.72. The van der Waals surface area contributed by atoms with Gasteiger partial charge in [0, 0.05) is 43.8 Å². The van der Waals surface area contributed by atoms with Crippen molar-refractivity contribution in [3.63, 3.8) is 0 Å². The van der Waals surface area contributed by atoms with Crippen LogP contribution in [0.15, 0.2) is 273 Å². The summed E-state index contributed by atoms with van der Waals surface area (Å²) in [6, 6.07) is 98.7. The lowest BCUT2D eigenvalue weighted by atomic mass is 9.67. The normalized spacial score (nSPS) is 12.6. The summed E-state index contributed by atoms with van der Waals surface area (Å²) >= 11 is 0. The molecule has 11 aromatic carbocycles. The Morgan fingerprint density at radius 2 is 0.627 bits per heavy atom. The zero-order valence-electron chi connectivity index (χ0n) is 40.7. The maximum atomic E-state index is 5.41. The number of benzene rings is 11. The van der Waals surface area contributed by atoms with Gasteiger partial charge in [-0.2, -0.15) is 0 Å². The fraction of sp³-hybridized carbons (Fsp3) is 0.0143. The number of nitrogens with zero attached hydrogens (tertiary/aromatic N) is 5. The molecule has 0 saturated heterocycles. The van der Waals surface area contributed by atoms with Gasteiger partial charge in [-0.3, -0.25) is 0 Å². The van der Waals surface area contributed by atoms with E-state index < -0.39 is 5.41 Å². The number of para-hydroxylation sites is 4. The predicted octanol–water partition coefficient (Wildman–Crippen LogP) is 17.1. The first-order valence-corrected chi connectivity index (χ1v) is 25.6. The van der Waals surface area contributed by atoms with Crippen molar-refractivity contribution in [1.29, 1.82) is 0 Å². The largest absolute Gasteiger partial charge is 0.309 e. The summed E-state index contributed by atoms with van der Waals surface area (Å²) in [5, 5.41) is 4.71. The molecule has 0 fully saturated rings. The van der Waals surface area contributed by atoms with E-state index >= 15 is 0 Å². The summed E-state index contributed by atoms with van der Waals surface area (Å²) in [5.74, 6) is 1.79. The summed E-state index contributed by atoms with van der Waals surface area (Å²) in [6.07, 6.45) is 0. The molecule has 0 amide bonds. The molecular formula is C70H45N5. The molecule has 0 saturated carbocycles. The number of hydrogen-bond acceptors (Lipinski definition) is 3. The van der Waals surface area contributed by atoms with Crippen LogP contribution in [0.1, 0.15) is 22.3 Å². The van der Waals surface area contributed by atoms with E-state index in [1.54, 1.807) is 0 Å². The third-order valence-electron chi connectivity index (χ3n) is 15.4. The van der Waals surface area contributed by atoms with Crippen LogP contribution in [0.5, 0.6) is 0 Å².